The first kappa shape index (κ1) is 26.1. The summed E-state index contributed by atoms with van der Waals surface area (Å²) in [6.07, 6.45) is 17.1. The van der Waals surface area contributed by atoms with Crippen molar-refractivity contribution in [2.75, 3.05) is 6.54 Å². The van der Waals surface area contributed by atoms with Gasteiger partial charge in [0.25, 0.3) is 0 Å². The fraction of sp³-hybridized carbons (Fsp3) is 0.917. The van der Waals surface area contributed by atoms with Crippen LogP contribution in [0, 0.1) is 11.8 Å². The van der Waals surface area contributed by atoms with Crippen LogP contribution in [0.2, 0.25) is 0 Å². The fourth-order valence-corrected chi connectivity index (χ4v) is 3.28. The summed E-state index contributed by atoms with van der Waals surface area (Å²) in [7, 11) is 0. The Labute approximate surface area is 170 Å². The third-order valence-electron chi connectivity index (χ3n) is 5.25. The number of Topliss-reactive ketones (excluding diaryl/α,β-unsaturated/α-hetero) is 1. The molecule has 3 nitrogen and oxygen atoms in total. The molecule has 27 heavy (non-hydrogen) atoms. The van der Waals surface area contributed by atoms with Crippen molar-refractivity contribution < 1.29 is 11.0 Å². The van der Waals surface area contributed by atoms with E-state index in [9.17, 15) is 9.59 Å². The van der Waals surface area contributed by atoms with Crippen molar-refractivity contribution in [3.8, 4) is 0 Å². The van der Waals surface area contributed by atoms with E-state index < -0.39 is 0 Å². The Hall–Kier alpha value is -0.860. The van der Waals surface area contributed by atoms with Gasteiger partial charge in [0.05, 0.1) is 0 Å². The number of nitrogens with one attached hydrogen (secondary N) is 1. The molecule has 0 aromatic rings. The van der Waals surface area contributed by atoms with E-state index in [1.54, 1.807) is 0 Å². The first-order valence-electron chi connectivity index (χ1n) is 11.7. The van der Waals surface area contributed by atoms with Gasteiger partial charge >= 0.3 is 0 Å². The molecule has 0 atom stereocenters. The zero-order chi connectivity index (χ0) is 20.3. The molecular formula is C24H49NO2. The molecule has 0 aliphatic heterocycles. The van der Waals surface area contributed by atoms with Gasteiger partial charge in [0, 0.05) is 26.7 Å². The molecule has 1 N–H and O–H groups in total. The van der Waals surface area contributed by atoms with E-state index in [0.717, 1.165) is 51.0 Å². The highest BCUT2D eigenvalue weighted by Crippen LogP contribution is 2.12. The average molecular weight is 384 g/mol. The Morgan fingerprint density at radius 3 is 1.70 bits per heavy atom. The number of unbranched alkanes of at least 4 members (excludes halogenated alkanes) is 10. The molecule has 162 valence electrons. The van der Waals surface area contributed by atoms with Gasteiger partial charge in [0.1, 0.15) is 5.78 Å². The third kappa shape index (κ3) is 19.7. The topological polar surface area (TPSA) is 46.2 Å². The maximum absolute atomic E-state index is 11.8. The molecule has 0 aromatic carbocycles. The molecule has 0 radical (unpaired) electrons. The second-order valence-corrected chi connectivity index (χ2v) is 8.90. The van der Waals surface area contributed by atoms with Crippen LogP contribution in [0.3, 0.4) is 0 Å². The smallest absolute Gasteiger partial charge is 0.219 e. The summed E-state index contributed by atoms with van der Waals surface area (Å²) in [6, 6.07) is 0. The fourth-order valence-electron chi connectivity index (χ4n) is 3.28. The van der Waals surface area contributed by atoms with E-state index in [1.807, 2.05) is 13.8 Å². The summed E-state index contributed by atoms with van der Waals surface area (Å²) in [4.78, 5) is 23.3. The van der Waals surface area contributed by atoms with E-state index >= 15 is 0 Å². The highest BCUT2D eigenvalue weighted by Gasteiger charge is 2.06. The highest BCUT2D eigenvalue weighted by molar-refractivity contribution is 5.80. The van der Waals surface area contributed by atoms with Crippen LogP contribution in [0.5, 0.6) is 0 Å². The van der Waals surface area contributed by atoms with Gasteiger partial charge in [-0.25, -0.2) is 0 Å². The van der Waals surface area contributed by atoms with Crippen molar-refractivity contribution in [1.82, 2.24) is 5.32 Å². The monoisotopic (exact) mass is 383 g/mol. The molecule has 0 saturated heterocycles. The first-order chi connectivity index (χ1) is 12.9. The zero-order valence-corrected chi connectivity index (χ0v) is 18.8. The molecule has 0 bridgehead atoms. The van der Waals surface area contributed by atoms with Gasteiger partial charge in [-0.05, 0) is 25.2 Å². The number of ketones is 1. The molecule has 1 amide bonds. The van der Waals surface area contributed by atoms with E-state index in [1.165, 1.54) is 51.4 Å². The number of carbonyl (C=O) groups excluding carboxylic acids is 2. The number of hydrogen-bond donors (Lipinski definition) is 1. The van der Waals surface area contributed by atoms with Crippen LogP contribution in [0.1, 0.15) is 125 Å². The van der Waals surface area contributed by atoms with Crippen molar-refractivity contribution in [3.63, 3.8) is 0 Å². The average Bonchev–Trinajstić information content (AvgIpc) is 2.61. The van der Waals surface area contributed by atoms with Gasteiger partial charge in [-0.3, -0.25) is 9.59 Å². The number of rotatable bonds is 19. The molecular weight excluding hydrogens is 334 g/mol. The third-order valence-corrected chi connectivity index (χ3v) is 5.25. The van der Waals surface area contributed by atoms with Crippen LogP contribution < -0.4 is 5.32 Å². The van der Waals surface area contributed by atoms with Gasteiger partial charge in [-0.2, -0.15) is 0 Å². The Balaban J connectivity index is 0. The molecule has 0 spiro atoms. The van der Waals surface area contributed by atoms with Crippen molar-refractivity contribution in [3.05, 3.63) is 0 Å². The van der Waals surface area contributed by atoms with Crippen LogP contribution in [0.4, 0.5) is 0 Å². The quantitative estimate of drug-likeness (QED) is 0.242. The summed E-state index contributed by atoms with van der Waals surface area (Å²) in [5, 5.41) is 3.06. The summed E-state index contributed by atoms with van der Waals surface area (Å²) >= 11 is 0. The Bertz CT molecular complexity index is 370. The van der Waals surface area contributed by atoms with Crippen LogP contribution in [0.15, 0.2) is 0 Å². The van der Waals surface area contributed by atoms with Crippen molar-refractivity contribution in [1.29, 1.82) is 0 Å². The predicted octanol–water partition coefficient (Wildman–Crippen LogP) is 7.08. The molecule has 0 rings (SSSR count). The van der Waals surface area contributed by atoms with Crippen LogP contribution in [-0.2, 0) is 9.59 Å². The molecule has 0 aromatic heterocycles. The lowest BCUT2D eigenvalue weighted by Gasteiger charge is -2.06. The summed E-state index contributed by atoms with van der Waals surface area (Å²) in [5.41, 5.74) is 0. The Kier molecular flexibility index (Phi) is 17.9. The summed E-state index contributed by atoms with van der Waals surface area (Å²) in [6.45, 7) is 9.38. The summed E-state index contributed by atoms with van der Waals surface area (Å²) in [5.74, 6) is 1.62. The standard InChI is InChI=1S/C24H47NO2.H2/c1-21(2)17-13-9-7-8-12-16-20-25-24(27)19-15-11-6-5-10-14-18-23(26)22(3)4;/h21-22H,5-20H2,1-4H3,(H,25,27);1H. The van der Waals surface area contributed by atoms with E-state index in [4.69, 9.17) is 0 Å². The zero-order valence-electron chi connectivity index (χ0n) is 18.8. The first-order valence-corrected chi connectivity index (χ1v) is 11.7. The van der Waals surface area contributed by atoms with Gasteiger partial charge < -0.3 is 5.32 Å². The number of hydrogen-bond acceptors (Lipinski definition) is 2. The molecule has 0 fully saturated rings. The Morgan fingerprint density at radius 1 is 0.667 bits per heavy atom. The minimum atomic E-state index is 0. The van der Waals surface area contributed by atoms with E-state index in [-0.39, 0.29) is 13.3 Å². The molecule has 0 heterocycles. The molecule has 3 heteroatoms. The molecule has 0 aliphatic rings. The molecule has 0 unspecified atom stereocenters. The van der Waals surface area contributed by atoms with E-state index in [2.05, 4.69) is 19.2 Å². The molecule has 0 aliphatic carbocycles. The van der Waals surface area contributed by atoms with Gasteiger partial charge in [0.2, 0.25) is 5.91 Å². The molecule has 0 saturated carbocycles. The maximum Gasteiger partial charge on any atom is 0.219 e. The Morgan fingerprint density at radius 2 is 1.15 bits per heavy atom. The number of carbonyl (C=O) groups is 2. The van der Waals surface area contributed by atoms with Gasteiger partial charge in [-0.1, -0.05) is 91.9 Å². The van der Waals surface area contributed by atoms with Crippen LogP contribution >= 0.6 is 0 Å². The second-order valence-electron chi connectivity index (χ2n) is 8.90. The van der Waals surface area contributed by atoms with Crippen molar-refractivity contribution in [2.24, 2.45) is 11.8 Å². The lowest BCUT2D eigenvalue weighted by atomic mass is 10.0. The van der Waals surface area contributed by atoms with Gasteiger partial charge in [0.15, 0.2) is 0 Å². The van der Waals surface area contributed by atoms with Crippen molar-refractivity contribution >= 4 is 11.7 Å². The second kappa shape index (κ2) is 18.5. The number of amides is 1. The van der Waals surface area contributed by atoms with E-state index in [0.29, 0.717) is 12.2 Å². The normalized spacial score (nSPS) is 11.3. The van der Waals surface area contributed by atoms with Crippen LogP contribution in [-0.4, -0.2) is 18.2 Å². The van der Waals surface area contributed by atoms with Crippen molar-refractivity contribution in [2.45, 2.75) is 124 Å². The largest absolute Gasteiger partial charge is 0.356 e. The minimum Gasteiger partial charge on any atom is -0.356 e. The summed E-state index contributed by atoms with van der Waals surface area (Å²) < 4.78 is 0. The predicted molar refractivity (Wildman–Crippen MR) is 119 cm³/mol. The van der Waals surface area contributed by atoms with Gasteiger partial charge in [-0.15, -0.1) is 0 Å². The highest BCUT2D eigenvalue weighted by atomic mass is 16.1. The maximum atomic E-state index is 11.8. The SMILES string of the molecule is CC(C)CCCCCCCCNC(=O)CCCCCCCCC(=O)C(C)C.[HH]. The van der Waals surface area contributed by atoms with Crippen LogP contribution in [0.25, 0.3) is 0 Å². The minimum absolute atomic E-state index is 0. The lowest BCUT2D eigenvalue weighted by Crippen LogP contribution is -2.23. The lowest BCUT2D eigenvalue weighted by molar-refractivity contribution is -0.122.